The van der Waals surface area contributed by atoms with E-state index < -0.39 is 248 Å². The van der Waals surface area contributed by atoms with Gasteiger partial charge in [0, 0.05) is 96.5 Å². The van der Waals surface area contributed by atoms with E-state index in [0.717, 1.165) is 12.8 Å². The molecule has 18 atom stereocenters. The minimum Gasteiger partial charge on any atom is -0.363 e. The number of alkyl halides is 3. The zero-order valence-corrected chi connectivity index (χ0v) is 90.2. The number of nitrogens with one attached hydrogen (secondary N) is 11. The number of piperidine rings is 3. The predicted molar refractivity (Wildman–Crippen MR) is 527 cm³/mol. The molecule has 0 radical (unpaired) electrons. The van der Waals surface area contributed by atoms with Crippen molar-refractivity contribution in [1.29, 1.82) is 0 Å². The number of nitrogens with two attached hydrogens (primary N) is 1. The van der Waals surface area contributed by atoms with Crippen molar-refractivity contribution in [2.75, 3.05) is 89.3 Å². The topological polar surface area (TPSA) is 536 Å². The number of hydrogen-bond acceptors (Lipinski definition) is 21. The van der Waals surface area contributed by atoms with Crippen molar-refractivity contribution < 1.29 is 110 Å². The first kappa shape index (κ1) is 118. The van der Waals surface area contributed by atoms with E-state index in [2.05, 4.69) is 85.5 Å². The summed E-state index contributed by atoms with van der Waals surface area (Å²) in [7, 11) is -10.2. The summed E-state index contributed by atoms with van der Waals surface area (Å²) in [5.41, 5.74) is 0.492. The lowest BCUT2D eigenvalue weighted by molar-refractivity contribution is -0.148. The molecule has 4 saturated carbocycles. The van der Waals surface area contributed by atoms with E-state index in [9.17, 15) is 110 Å². The molecule has 3 unspecified atom stereocenters. The normalized spacial score (nSPS) is 25.7. The lowest BCUT2D eigenvalue weighted by Crippen LogP contribution is -2.62. The number of fused-ring (bicyclic) bond motifs is 3. The van der Waals surface area contributed by atoms with Crippen molar-refractivity contribution in [3.05, 3.63) is 25.3 Å². The zero-order valence-electron chi connectivity index (χ0n) is 87.7. The van der Waals surface area contributed by atoms with Gasteiger partial charge in [0.25, 0.3) is 17.7 Å². The fourth-order valence-corrected chi connectivity index (χ4v) is 25.2. The van der Waals surface area contributed by atoms with Gasteiger partial charge in [-0.3, -0.25) is 57.5 Å². The molecule has 0 aromatic rings. The van der Waals surface area contributed by atoms with Crippen LogP contribution >= 0.6 is 0 Å². The maximum Gasteiger partial charge on any atom is 0.389 e. The predicted octanol–water partition coefficient (Wildman–Crippen LogP) is 5.09. The Morgan fingerprint density at radius 3 is 0.908 bits per heavy atom. The van der Waals surface area contributed by atoms with E-state index in [-0.39, 0.29) is 115 Å². The first-order chi connectivity index (χ1) is 64.8. The minimum absolute atomic E-state index is 0.0276. The Hall–Kier alpha value is -8.95. The third kappa shape index (κ3) is 29.1. The molecule has 6 saturated heterocycles. The Balaban J connectivity index is 0.000000261. The van der Waals surface area contributed by atoms with Crippen LogP contribution in [0.4, 0.5) is 27.6 Å². The Morgan fingerprint density at radius 2 is 0.676 bits per heavy atom. The fourth-order valence-electron chi connectivity index (χ4n) is 20.6. The summed E-state index contributed by atoms with van der Waals surface area (Å²) < 4.78 is 119. The first-order valence-electron chi connectivity index (χ1n) is 49.6. The molecule has 0 aromatic carbocycles. The Kier molecular flexibility index (Phi) is 37.0. The van der Waals surface area contributed by atoms with E-state index in [1.165, 1.54) is 39.8 Å². The molecule has 0 bridgehead atoms. The van der Waals surface area contributed by atoms with Crippen LogP contribution in [0.15, 0.2) is 25.3 Å². The van der Waals surface area contributed by atoms with Crippen LogP contribution in [0.3, 0.4) is 0 Å². The van der Waals surface area contributed by atoms with Crippen LogP contribution in [0.2, 0.25) is 0 Å². The first-order valence-corrected chi connectivity index (χ1v) is 54.4. The fraction of sp³-hybridized carbons (Fsp3) is 0.804. The van der Waals surface area contributed by atoms with Gasteiger partial charge in [-0.25, -0.2) is 39.6 Å². The number of carbonyl (C=O) groups excluding carboxylic acids is 15. The molecule has 6 heterocycles. The van der Waals surface area contributed by atoms with Gasteiger partial charge in [0.15, 0.2) is 0 Å². The van der Waals surface area contributed by atoms with Gasteiger partial charge in [-0.2, -0.15) is 26.1 Å². The molecule has 10 aliphatic rings. The molecule has 6 aliphatic heterocycles. The quantitative estimate of drug-likeness (QED) is 0.0284. The van der Waals surface area contributed by atoms with E-state index in [0.29, 0.717) is 64.8 Å². The van der Waals surface area contributed by atoms with E-state index in [1.807, 2.05) is 138 Å². The number of amides is 15. The average molecular weight is 2070 g/mol. The summed E-state index contributed by atoms with van der Waals surface area (Å²) >= 11 is 0. The molecule has 0 spiro atoms. The van der Waals surface area contributed by atoms with Gasteiger partial charge >= 0.3 is 24.3 Å². The molecule has 45 heteroatoms. The summed E-state index contributed by atoms with van der Waals surface area (Å²) in [6, 6.07) is -13.7. The molecule has 804 valence electrons. The highest BCUT2D eigenvalue weighted by atomic mass is 32.2. The number of nitrogens with zero attached hydrogens (tertiary/aromatic N) is 6. The van der Waals surface area contributed by atoms with Crippen molar-refractivity contribution in [3.8, 4) is 0 Å². The molecule has 39 nitrogen and oxygen atoms in total. The van der Waals surface area contributed by atoms with Crippen LogP contribution in [0.1, 0.15) is 237 Å². The van der Waals surface area contributed by atoms with Crippen molar-refractivity contribution in [2.24, 2.45) is 95.9 Å². The van der Waals surface area contributed by atoms with Crippen molar-refractivity contribution in [3.63, 3.8) is 0 Å². The summed E-state index contributed by atoms with van der Waals surface area (Å²) in [4.78, 5) is 204. The summed E-state index contributed by atoms with van der Waals surface area (Å²) in [5, 5.41) is 29.7. The number of hydrogen-bond donors (Lipinski definition) is 12. The molecule has 10 fully saturated rings. The number of rotatable bonds is 37. The number of primary amides is 1. The molecule has 4 aliphatic carbocycles. The van der Waals surface area contributed by atoms with Gasteiger partial charge in [0.05, 0.1) is 35.4 Å². The highest BCUT2D eigenvalue weighted by molar-refractivity contribution is 7.89. The van der Waals surface area contributed by atoms with Gasteiger partial charge in [0.1, 0.15) is 36.3 Å². The third-order valence-electron chi connectivity index (χ3n) is 30.2. The molecule has 10 rings (SSSR count). The Bertz CT molecular complexity index is 5120. The number of ketones is 3. The van der Waals surface area contributed by atoms with Gasteiger partial charge in [-0.05, 0) is 129 Å². The SMILES string of the molecule is C=CCNC(=O)C(=O)C(CC1CC1)NC(=O)[C@@H]1[C@@H]2[C@H](CN1C(=O)[C@@H](NC(=O)N[C@H](CN1CCCS1(=O)=O)C(C)(C)C)C(C)(C)C)C2(C)C.C=CCNC(=O)C(=O)C(CCC(F)(F)F)NC(=O)[C@@H]1[C@@H]2[C@H](CN1C(=O)[C@@H](NC(=O)N[C@H](CN1CCCS1(=O)=O)C(C)(C)C)C(C)(C)C)C2(C)C.CCCC(NC(=O)[C@@H]1[C@@H]2[C@H](CN1C(=O)[C@@H](NC(=O)N[C@H](CN1CCCS1(=O)=O)C(C)(C)C)C(C)(C)C)C2(C)C)C(=O)C(N)=O. The van der Waals surface area contributed by atoms with Crippen LogP contribution < -0.4 is 64.2 Å². The van der Waals surface area contributed by atoms with Crippen LogP contribution in [0, 0.1) is 90.2 Å². The highest BCUT2D eigenvalue weighted by Gasteiger charge is 2.73. The maximum atomic E-state index is 14.4. The van der Waals surface area contributed by atoms with Crippen molar-refractivity contribution in [2.45, 2.75) is 316 Å². The molecule has 142 heavy (non-hydrogen) atoms. The van der Waals surface area contributed by atoms with E-state index in [4.69, 9.17) is 5.73 Å². The second-order valence-corrected chi connectivity index (χ2v) is 54.8. The second kappa shape index (κ2) is 44.4. The van der Waals surface area contributed by atoms with Crippen molar-refractivity contribution >= 4 is 119 Å². The van der Waals surface area contributed by atoms with Gasteiger partial charge < -0.3 is 78.9 Å². The minimum atomic E-state index is -4.67. The standard InChI is InChI=1S/C34H56N6O7S.C33H53F3N6O7S.C30H52N6O7S/c1-10-14-35-29(43)26(41)22(17-20-12-13-20)36-28(42)25-24-21(34(24,8)9)18-40(25)30(44)27(33(5,6)7)38-31(45)37-23(32(2,3)4)19-39-15-11-16-48(39,46)47;1-10-14-37-27(45)24(43)20(12-13-33(34,35)36)38-26(44)23-22-19(32(22,8)9)17-42(23)28(46)25(31(5,6)7)40-29(47)39-21(30(2,3)4)18-41-15-11-16-50(41,48)49;1-10-12-18(22(37)24(31)38)32-25(39)21-20-17(30(20,8)9)15-36(21)26(40)23(29(5,6)7)34-27(41)33-19(28(2,3)4)16-35-13-11-14-44(35,42)43/h10,20-25,27H,1,11-19H2,2-9H3,(H,35,43)(H,36,42)(H2,37,38,45);10,19-23,25H,1,11-18H2,2-9H3,(H,37,45)(H,38,44)(H2,39,40,47);17-21,23H,10-16H2,1-9H3,(H2,31,38)(H,32,39)(H2,33,34,41)/t21-,22?,23+,24-,25-,27+;19-,20?,21+,22-,23-,25+;17-,18?,19+,20-,21-,23+/m000/s1. The molecular formula is C97H161F3N18O21S3. The number of halogens is 3. The van der Waals surface area contributed by atoms with Gasteiger partial charge in [-0.1, -0.05) is 205 Å². The molecule has 13 N–H and O–H groups in total. The summed E-state index contributed by atoms with van der Waals surface area (Å²) in [5.74, 6) is -9.56. The number of likely N-dealkylation sites (tertiary alicyclic amines) is 3. The van der Waals surface area contributed by atoms with E-state index >= 15 is 0 Å². The average Bonchev–Trinajstić information content (AvgIpc) is 1.53. The summed E-state index contributed by atoms with van der Waals surface area (Å²) in [6.45, 7) is 56.0. The lowest BCUT2D eigenvalue weighted by Gasteiger charge is -2.39. The smallest absolute Gasteiger partial charge is 0.363 e. The number of sulfonamides is 3. The number of urea groups is 3. The number of carbonyl (C=O) groups is 15. The van der Waals surface area contributed by atoms with Crippen molar-refractivity contribution in [1.82, 2.24) is 86.1 Å². The highest BCUT2D eigenvalue weighted by Crippen LogP contribution is 2.67. The maximum absolute atomic E-state index is 14.4. The van der Waals surface area contributed by atoms with Crippen LogP contribution in [0.25, 0.3) is 0 Å². The van der Waals surface area contributed by atoms with Gasteiger partial charge in [-0.15, -0.1) is 13.2 Å². The molecule has 15 amide bonds. The van der Waals surface area contributed by atoms with E-state index in [1.54, 1.807) is 20.8 Å². The monoisotopic (exact) mass is 2070 g/mol. The summed E-state index contributed by atoms with van der Waals surface area (Å²) in [6.07, 6.45) is 0.269. The zero-order chi connectivity index (χ0) is 108. The van der Waals surface area contributed by atoms with Crippen LogP contribution in [-0.2, 0) is 87.6 Å². The second-order valence-electron chi connectivity index (χ2n) is 48.5. The van der Waals surface area contributed by atoms with Crippen LogP contribution in [-0.4, -0.2) is 309 Å². The molecular weight excluding hydrogens is 1910 g/mol. The van der Waals surface area contributed by atoms with Gasteiger partial charge in [0.2, 0.25) is 82.9 Å². The Labute approximate surface area is 836 Å². The Morgan fingerprint density at radius 1 is 0.401 bits per heavy atom. The largest absolute Gasteiger partial charge is 0.389 e. The molecule has 0 aromatic heterocycles. The number of Topliss-reactive ketones (excluding diaryl/α,β-unsaturated/α-hetero) is 3. The lowest BCUT2D eigenvalue weighted by atomic mass is 9.85. The van der Waals surface area contributed by atoms with Crippen LogP contribution in [0.5, 0.6) is 0 Å². The third-order valence-corrected chi connectivity index (χ3v) is 36.0.